The van der Waals surface area contributed by atoms with Gasteiger partial charge in [0.25, 0.3) is 5.91 Å². The number of benzene rings is 2. The van der Waals surface area contributed by atoms with Gasteiger partial charge in [-0.2, -0.15) is 0 Å². The van der Waals surface area contributed by atoms with Gasteiger partial charge in [0.15, 0.2) is 5.78 Å². The molecule has 2 aromatic carbocycles. The minimum absolute atomic E-state index is 0.00491. The molecule has 2 N–H and O–H groups in total. The van der Waals surface area contributed by atoms with Crippen molar-refractivity contribution in [2.45, 2.75) is 82.7 Å². The van der Waals surface area contributed by atoms with Crippen LogP contribution in [0.4, 0.5) is 5.69 Å². The Morgan fingerprint density at radius 3 is 2.48 bits per heavy atom. The molecule has 3 fully saturated rings. The molecule has 9 nitrogen and oxygen atoms in total. The van der Waals surface area contributed by atoms with Crippen LogP contribution in [0, 0.1) is 5.92 Å². The summed E-state index contributed by atoms with van der Waals surface area (Å²) in [6.45, 7) is 5.15. The van der Waals surface area contributed by atoms with Crippen molar-refractivity contribution in [1.29, 1.82) is 0 Å². The van der Waals surface area contributed by atoms with E-state index in [1.54, 1.807) is 12.1 Å². The highest BCUT2D eigenvalue weighted by atomic mass is 35.5. The predicted molar refractivity (Wildman–Crippen MR) is 189 cm³/mol. The van der Waals surface area contributed by atoms with Gasteiger partial charge < -0.3 is 19.9 Å². The number of anilines is 1. The van der Waals surface area contributed by atoms with Crippen molar-refractivity contribution in [3.8, 4) is 0 Å². The van der Waals surface area contributed by atoms with Crippen LogP contribution in [0.3, 0.4) is 0 Å². The van der Waals surface area contributed by atoms with E-state index in [1.807, 2.05) is 36.6 Å². The molecule has 1 amide bonds. The summed E-state index contributed by atoms with van der Waals surface area (Å²) in [4.78, 5) is 44.3. The number of carbonyl (C=O) groups excluding carboxylic acids is 2. The fraction of sp³-hybridized carbons (Fsp3) is 0.528. The fourth-order valence-corrected chi connectivity index (χ4v) is 8.92. The third kappa shape index (κ3) is 7.31. The van der Waals surface area contributed by atoms with Crippen LogP contribution < -0.4 is 5.32 Å². The first-order valence-electron chi connectivity index (χ1n) is 17.0. The number of aliphatic carboxylic acids is 1. The second kappa shape index (κ2) is 15.5. The minimum Gasteiger partial charge on any atom is -0.481 e. The Morgan fingerprint density at radius 2 is 1.75 bits per heavy atom. The van der Waals surface area contributed by atoms with E-state index in [0.717, 1.165) is 35.8 Å². The molecule has 1 unspecified atom stereocenters. The number of carbonyl (C=O) groups is 3. The van der Waals surface area contributed by atoms with Crippen LogP contribution in [0.5, 0.6) is 0 Å². The number of ether oxygens (including phenoxy) is 2. The number of nitrogens with one attached hydrogen (secondary N) is 1. The average molecular weight is 717 g/mol. The van der Waals surface area contributed by atoms with Gasteiger partial charge in [0, 0.05) is 59.2 Å². The zero-order chi connectivity index (χ0) is 33.8. The van der Waals surface area contributed by atoms with Gasteiger partial charge in [-0.05, 0) is 82.1 Å². The lowest BCUT2D eigenvalue weighted by molar-refractivity contribution is -0.261. The van der Waals surface area contributed by atoms with Gasteiger partial charge in [0.05, 0.1) is 34.9 Å². The molecular formula is C36H43Cl2N3O6S. The molecule has 0 spiro atoms. The van der Waals surface area contributed by atoms with Gasteiger partial charge in [-0.1, -0.05) is 41.4 Å². The number of fused-ring (bicyclic) bond motifs is 1. The number of nitrogens with zero attached hydrogens (tertiary/aromatic N) is 2. The first-order chi connectivity index (χ1) is 23.2. The summed E-state index contributed by atoms with van der Waals surface area (Å²) >= 11 is 15.1. The largest absolute Gasteiger partial charge is 0.481 e. The van der Waals surface area contributed by atoms with Crippen LogP contribution in [0.1, 0.15) is 74.2 Å². The second-order valence-corrected chi connectivity index (χ2v) is 14.7. The second-order valence-electron chi connectivity index (χ2n) is 13.0. The molecule has 3 heterocycles. The maximum absolute atomic E-state index is 15.0. The summed E-state index contributed by atoms with van der Waals surface area (Å²) in [6.07, 6.45) is 5.60. The molecule has 6 rings (SSSR count). The number of hydrogen-bond donors (Lipinski definition) is 2. The zero-order valence-electron chi connectivity index (χ0n) is 27.2. The van der Waals surface area contributed by atoms with Crippen LogP contribution in [0.25, 0.3) is 10.1 Å². The molecule has 1 aliphatic carbocycles. The molecule has 1 aromatic heterocycles. The normalized spacial score (nSPS) is 23.4. The van der Waals surface area contributed by atoms with Gasteiger partial charge in [-0.25, -0.2) is 0 Å². The van der Waals surface area contributed by atoms with Crippen molar-refractivity contribution in [2.24, 2.45) is 5.92 Å². The molecule has 258 valence electrons. The van der Waals surface area contributed by atoms with Crippen LogP contribution in [-0.4, -0.2) is 83.4 Å². The quantitative estimate of drug-likeness (QED) is 0.188. The van der Waals surface area contributed by atoms with Crippen LogP contribution in [-0.2, 0) is 25.5 Å². The van der Waals surface area contributed by atoms with Gasteiger partial charge in [-0.3, -0.25) is 24.2 Å². The highest BCUT2D eigenvalue weighted by Gasteiger charge is 2.55. The first kappa shape index (κ1) is 35.3. The van der Waals surface area contributed by atoms with Crippen molar-refractivity contribution in [2.75, 3.05) is 38.2 Å². The van der Waals surface area contributed by atoms with E-state index >= 15 is 0 Å². The lowest BCUT2D eigenvalue weighted by Gasteiger charge is -2.50. The molecular weight excluding hydrogens is 673 g/mol. The van der Waals surface area contributed by atoms with E-state index in [0.29, 0.717) is 80.4 Å². The number of ketones is 1. The van der Waals surface area contributed by atoms with E-state index in [-0.39, 0.29) is 35.3 Å². The average Bonchev–Trinajstić information content (AvgIpc) is 3.87. The van der Waals surface area contributed by atoms with Gasteiger partial charge in [0.2, 0.25) is 5.85 Å². The van der Waals surface area contributed by atoms with Crippen molar-refractivity contribution < 1.29 is 29.0 Å². The number of likely N-dealkylation sites (tertiary alicyclic amines) is 2. The lowest BCUT2D eigenvalue weighted by atomic mass is 9.87. The van der Waals surface area contributed by atoms with E-state index in [9.17, 15) is 19.5 Å². The Kier molecular flexibility index (Phi) is 11.4. The highest BCUT2D eigenvalue weighted by Crippen LogP contribution is 2.40. The maximum Gasteiger partial charge on any atom is 0.306 e. The monoisotopic (exact) mass is 715 g/mol. The third-order valence-electron chi connectivity index (χ3n) is 9.99. The van der Waals surface area contributed by atoms with Crippen LogP contribution in [0.2, 0.25) is 10.0 Å². The molecule has 0 radical (unpaired) electrons. The standard InChI is InChI=1S/C36H43Cl2N3O6S/c1-2-46-21-25-8-7-17-41(25)36(40-15-5-6-16-40,47-26-13-11-23(12-14-26)35(44)45)33(42)19-24-18-30(38)31(20-29(24)37)39-34(43)28-22-48-32-10-4-3-9-27(28)32/h3-4,9-10,18,20,22-23,25-26H,2,5-8,11-17,19,21H2,1H3,(H,39,43)(H,44,45)/t23-,25-,26-,36?/m0/s1. The summed E-state index contributed by atoms with van der Waals surface area (Å²) in [5.74, 6) is -2.94. The van der Waals surface area contributed by atoms with E-state index in [4.69, 9.17) is 32.7 Å². The number of carboxylic acid groups (broad SMARTS) is 1. The SMILES string of the molecule is CCOC[C@@H]1CCCN1C(O[C@H]1CC[C@H](C(=O)O)CC1)(C(=O)Cc1cc(Cl)c(NC(=O)c2csc3ccccc23)cc1Cl)N1CCCC1. The third-order valence-corrected chi connectivity index (χ3v) is 11.6. The minimum atomic E-state index is -1.35. The van der Waals surface area contributed by atoms with E-state index < -0.39 is 17.7 Å². The van der Waals surface area contributed by atoms with Crippen molar-refractivity contribution in [3.63, 3.8) is 0 Å². The Hall–Kier alpha value is -2.57. The van der Waals surface area contributed by atoms with E-state index in [1.165, 1.54) is 11.3 Å². The number of Topliss-reactive ketones (excluding diaryl/α,β-unsaturated/α-hetero) is 1. The van der Waals surface area contributed by atoms with Crippen LogP contribution in [0.15, 0.2) is 41.8 Å². The molecule has 48 heavy (non-hydrogen) atoms. The smallest absolute Gasteiger partial charge is 0.306 e. The molecule has 1 saturated carbocycles. The molecule has 3 aliphatic rings. The summed E-state index contributed by atoms with van der Waals surface area (Å²) in [5, 5.41) is 15.8. The number of amides is 1. The van der Waals surface area contributed by atoms with Crippen molar-refractivity contribution in [3.05, 3.63) is 63.0 Å². The van der Waals surface area contributed by atoms with Gasteiger partial charge in [0.1, 0.15) is 0 Å². The molecule has 2 saturated heterocycles. The predicted octanol–water partition coefficient (Wildman–Crippen LogP) is 7.48. The Bertz CT molecular complexity index is 1640. The van der Waals surface area contributed by atoms with E-state index in [2.05, 4.69) is 15.1 Å². The molecule has 3 aromatic rings. The maximum atomic E-state index is 15.0. The number of carboxylic acids is 1. The molecule has 12 heteroatoms. The number of thiophene rings is 1. The number of rotatable bonds is 13. The molecule has 0 bridgehead atoms. The first-order valence-corrected chi connectivity index (χ1v) is 18.6. The summed E-state index contributed by atoms with van der Waals surface area (Å²) in [5.41, 5.74) is 1.47. The van der Waals surface area contributed by atoms with Crippen molar-refractivity contribution in [1.82, 2.24) is 9.80 Å². The van der Waals surface area contributed by atoms with Gasteiger partial charge >= 0.3 is 5.97 Å². The Morgan fingerprint density at radius 1 is 1.00 bits per heavy atom. The topological polar surface area (TPSA) is 108 Å². The lowest BCUT2D eigenvalue weighted by Crippen LogP contribution is -2.69. The summed E-state index contributed by atoms with van der Waals surface area (Å²) in [7, 11) is 0. The fourth-order valence-electron chi connectivity index (χ4n) is 7.52. The highest BCUT2D eigenvalue weighted by molar-refractivity contribution is 7.17. The Balaban J connectivity index is 1.29. The zero-order valence-corrected chi connectivity index (χ0v) is 29.5. The number of hydrogen-bond acceptors (Lipinski definition) is 8. The van der Waals surface area contributed by atoms with Crippen LogP contribution >= 0.6 is 34.5 Å². The Labute approximate surface area is 295 Å². The van der Waals surface area contributed by atoms with Gasteiger partial charge in [-0.15, -0.1) is 11.3 Å². The van der Waals surface area contributed by atoms with Crippen molar-refractivity contribution >= 4 is 68.0 Å². The molecule has 2 aliphatic heterocycles. The number of halogens is 2. The summed E-state index contributed by atoms with van der Waals surface area (Å²) in [6, 6.07) is 11.0. The molecule has 2 atom stereocenters. The summed E-state index contributed by atoms with van der Waals surface area (Å²) < 4.78 is 14.0.